The van der Waals surface area contributed by atoms with Gasteiger partial charge in [-0.05, 0) is 44.0 Å². The van der Waals surface area contributed by atoms with Gasteiger partial charge < -0.3 is 9.80 Å². The Morgan fingerprint density at radius 1 is 1.11 bits per heavy atom. The molecule has 0 radical (unpaired) electrons. The second kappa shape index (κ2) is 11.2. The molecule has 4 rings (SSSR count). The minimum atomic E-state index is -4.58. The maximum absolute atomic E-state index is 13.3. The lowest BCUT2D eigenvalue weighted by molar-refractivity contribution is -0.138. The summed E-state index contributed by atoms with van der Waals surface area (Å²) in [4.78, 5) is 37.9. The fourth-order valence-corrected chi connectivity index (χ4v) is 5.32. The van der Waals surface area contributed by atoms with Gasteiger partial charge in [-0.1, -0.05) is 18.2 Å². The lowest BCUT2D eigenvalue weighted by Gasteiger charge is -2.31. The van der Waals surface area contributed by atoms with Crippen LogP contribution in [0.2, 0.25) is 0 Å². The molecule has 3 heterocycles. The summed E-state index contributed by atoms with van der Waals surface area (Å²) < 4.78 is 40.0. The van der Waals surface area contributed by atoms with Crippen molar-refractivity contribution in [2.24, 2.45) is 0 Å². The van der Waals surface area contributed by atoms with Crippen LogP contribution in [0.25, 0.3) is 0 Å². The molecule has 0 unspecified atom stereocenters. The third-order valence-electron chi connectivity index (χ3n) is 6.37. The molecule has 0 N–H and O–H groups in total. The maximum atomic E-state index is 13.3. The Kier molecular flexibility index (Phi) is 8.03. The smallest absolute Gasteiger partial charge is 0.339 e. The highest BCUT2D eigenvalue weighted by Gasteiger charge is 2.36. The van der Waals surface area contributed by atoms with E-state index < -0.39 is 17.6 Å². The molecular weight excluding hydrogens is 489 g/mol. The fraction of sp³-hybridized carbons (Fsp3) is 0.385. The van der Waals surface area contributed by atoms with Crippen LogP contribution < -0.4 is 0 Å². The van der Waals surface area contributed by atoms with Crippen LogP contribution in [0.5, 0.6) is 0 Å². The monoisotopic (exact) mass is 516 g/mol. The van der Waals surface area contributed by atoms with Crippen molar-refractivity contribution < 1.29 is 22.8 Å². The van der Waals surface area contributed by atoms with Gasteiger partial charge in [0.05, 0.1) is 16.1 Å². The quantitative estimate of drug-likeness (QED) is 0.429. The summed E-state index contributed by atoms with van der Waals surface area (Å²) in [5.41, 5.74) is 0.0806. The van der Waals surface area contributed by atoms with Gasteiger partial charge in [-0.25, -0.2) is 4.98 Å². The Morgan fingerprint density at radius 3 is 2.50 bits per heavy atom. The number of carbonyl (C=O) groups is 2. The van der Waals surface area contributed by atoms with Gasteiger partial charge in [-0.15, -0.1) is 11.3 Å². The largest absolute Gasteiger partial charge is 0.417 e. The van der Waals surface area contributed by atoms with E-state index in [2.05, 4.69) is 9.97 Å². The van der Waals surface area contributed by atoms with E-state index in [4.69, 9.17) is 0 Å². The van der Waals surface area contributed by atoms with Crippen molar-refractivity contribution in [3.8, 4) is 0 Å². The molecule has 1 saturated heterocycles. The van der Waals surface area contributed by atoms with Crippen molar-refractivity contribution in [1.82, 2.24) is 19.8 Å². The van der Waals surface area contributed by atoms with E-state index in [1.54, 1.807) is 16.5 Å². The van der Waals surface area contributed by atoms with Gasteiger partial charge in [0.15, 0.2) is 0 Å². The van der Waals surface area contributed by atoms with Gasteiger partial charge in [0.2, 0.25) is 0 Å². The molecule has 6 nitrogen and oxygen atoms in total. The van der Waals surface area contributed by atoms with Crippen LogP contribution in [0, 0.1) is 0 Å². The number of hydrogen-bond acceptors (Lipinski definition) is 5. The second-order valence-corrected chi connectivity index (χ2v) is 9.53. The number of aromatic nitrogens is 2. The standard InChI is InChI=1S/C26H27F3N4O2S/c1-2-32(16-12-19-7-5-6-13-30-19)25(35)22-17-36-23(31-22)18-10-14-33(15-11-18)24(34)20-8-3-4-9-21(20)26(27,28)29/h3-9,13,17-18H,2,10-12,14-16H2,1H3. The van der Waals surface area contributed by atoms with E-state index in [0.29, 0.717) is 51.1 Å². The van der Waals surface area contributed by atoms with Crippen molar-refractivity contribution >= 4 is 23.2 Å². The summed E-state index contributed by atoms with van der Waals surface area (Å²) in [6.45, 7) is 3.69. The zero-order chi connectivity index (χ0) is 25.7. The van der Waals surface area contributed by atoms with Gasteiger partial charge in [0.1, 0.15) is 5.69 Å². The number of halogens is 3. The van der Waals surface area contributed by atoms with Crippen molar-refractivity contribution in [3.05, 3.63) is 81.6 Å². The summed E-state index contributed by atoms with van der Waals surface area (Å²) in [5.74, 6) is -0.683. The number of alkyl halides is 3. The Bertz CT molecular complexity index is 1190. The van der Waals surface area contributed by atoms with Crippen LogP contribution in [0.15, 0.2) is 54.0 Å². The van der Waals surface area contributed by atoms with E-state index in [0.717, 1.165) is 16.8 Å². The molecule has 1 fully saturated rings. The predicted octanol–water partition coefficient (Wildman–Crippen LogP) is 5.28. The number of thiazole rings is 1. The number of nitrogens with zero attached hydrogens (tertiary/aromatic N) is 4. The van der Waals surface area contributed by atoms with Gasteiger partial charge in [-0.3, -0.25) is 14.6 Å². The Labute approximate surface area is 211 Å². The Balaban J connectivity index is 1.36. The minimum Gasteiger partial charge on any atom is -0.339 e. The van der Waals surface area contributed by atoms with Crippen molar-refractivity contribution in [2.75, 3.05) is 26.2 Å². The number of hydrogen-bond donors (Lipinski definition) is 0. The number of likely N-dealkylation sites (N-methyl/N-ethyl adjacent to an activating group) is 1. The number of likely N-dealkylation sites (tertiary alicyclic amines) is 1. The zero-order valence-electron chi connectivity index (χ0n) is 19.9. The van der Waals surface area contributed by atoms with Gasteiger partial charge >= 0.3 is 6.18 Å². The third kappa shape index (κ3) is 5.92. The molecule has 0 saturated carbocycles. The van der Waals surface area contributed by atoms with Crippen LogP contribution in [-0.2, 0) is 12.6 Å². The van der Waals surface area contributed by atoms with E-state index in [1.165, 1.54) is 34.4 Å². The van der Waals surface area contributed by atoms with Gasteiger partial charge in [0, 0.05) is 55.8 Å². The van der Waals surface area contributed by atoms with E-state index in [1.807, 2.05) is 25.1 Å². The highest BCUT2D eigenvalue weighted by Crippen LogP contribution is 2.34. The number of benzene rings is 1. The minimum absolute atomic E-state index is 0.0575. The fourth-order valence-electron chi connectivity index (χ4n) is 4.35. The summed E-state index contributed by atoms with van der Waals surface area (Å²) >= 11 is 1.42. The SMILES string of the molecule is CCN(CCc1ccccn1)C(=O)c1csc(C2CCN(C(=O)c3ccccc3C(F)(F)F)CC2)n1. The highest BCUT2D eigenvalue weighted by molar-refractivity contribution is 7.09. The molecule has 0 aliphatic carbocycles. The lowest BCUT2D eigenvalue weighted by atomic mass is 9.96. The molecule has 190 valence electrons. The molecule has 36 heavy (non-hydrogen) atoms. The topological polar surface area (TPSA) is 66.4 Å². The number of rotatable bonds is 7. The van der Waals surface area contributed by atoms with Crippen molar-refractivity contribution in [3.63, 3.8) is 0 Å². The third-order valence-corrected chi connectivity index (χ3v) is 7.38. The lowest BCUT2D eigenvalue weighted by Crippen LogP contribution is -2.38. The second-order valence-electron chi connectivity index (χ2n) is 8.64. The van der Waals surface area contributed by atoms with Crippen molar-refractivity contribution in [1.29, 1.82) is 0 Å². The molecule has 2 aromatic heterocycles. The van der Waals surface area contributed by atoms with E-state index in [9.17, 15) is 22.8 Å². The van der Waals surface area contributed by atoms with Crippen LogP contribution in [0.3, 0.4) is 0 Å². The first kappa shape index (κ1) is 25.8. The van der Waals surface area contributed by atoms with Crippen LogP contribution in [0.1, 0.15) is 62.8 Å². The molecule has 1 aliphatic heterocycles. The predicted molar refractivity (Wildman–Crippen MR) is 131 cm³/mol. The first-order valence-corrected chi connectivity index (χ1v) is 12.8. The van der Waals surface area contributed by atoms with Crippen LogP contribution >= 0.6 is 11.3 Å². The molecule has 10 heteroatoms. The average molecular weight is 517 g/mol. The first-order chi connectivity index (χ1) is 17.3. The average Bonchev–Trinajstić information content (AvgIpc) is 3.39. The highest BCUT2D eigenvalue weighted by atomic mass is 32.1. The zero-order valence-corrected chi connectivity index (χ0v) is 20.7. The summed E-state index contributed by atoms with van der Waals surface area (Å²) in [5, 5.41) is 2.58. The molecule has 0 atom stereocenters. The molecule has 0 bridgehead atoms. The van der Waals surface area contributed by atoms with Gasteiger partial charge in [0.25, 0.3) is 11.8 Å². The molecule has 1 aliphatic rings. The van der Waals surface area contributed by atoms with Crippen molar-refractivity contribution in [2.45, 2.75) is 38.3 Å². The molecule has 3 aromatic rings. The molecular formula is C26H27F3N4O2S. The normalized spacial score (nSPS) is 14.6. The van der Waals surface area contributed by atoms with Gasteiger partial charge in [-0.2, -0.15) is 13.2 Å². The number of pyridine rings is 1. The summed E-state index contributed by atoms with van der Waals surface area (Å²) in [6.07, 6.45) is -1.04. The Hall–Kier alpha value is -3.27. The number of carbonyl (C=O) groups excluding carboxylic acids is 2. The summed E-state index contributed by atoms with van der Waals surface area (Å²) in [7, 11) is 0. The number of piperidine rings is 1. The van der Waals surface area contributed by atoms with Crippen LogP contribution in [-0.4, -0.2) is 57.8 Å². The molecule has 1 aromatic carbocycles. The molecule has 2 amide bonds. The van der Waals surface area contributed by atoms with E-state index in [-0.39, 0.29) is 17.4 Å². The maximum Gasteiger partial charge on any atom is 0.417 e. The first-order valence-electron chi connectivity index (χ1n) is 11.9. The molecule has 0 spiro atoms. The Morgan fingerprint density at radius 2 is 1.83 bits per heavy atom. The summed E-state index contributed by atoms with van der Waals surface area (Å²) in [6, 6.07) is 10.6. The number of amides is 2. The van der Waals surface area contributed by atoms with Crippen LogP contribution in [0.4, 0.5) is 13.2 Å². The van der Waals surface area contributed by atoms with E-state index >= 15 is 0 Å².